The second-order valence-electron chi connectivity index (χ2n) is 5.04. The van der Waals surface area contributed by atoms with E-state index in [0.717, 1.165) is 12.1 Å². The number of anilines is 2. The summed E-state index contributed by atoms with van der Waals surface area (Å²) in [5.41, 5.74) is 3.41. The summed E-state index contributed by atoms with van der Waals surface area (Å²) in [6.45, 7) is 2.29. The molecule has 0 bridgehead atoms. The van der Waals surface area contributed by atoms with Crippen LogP contribution in [0.1, 0.15) is 25.3 Å². The lowest BCUT2D eigenvalue weighted by Gasteiger charge is -2.21. The SMILES string of the molecule is CC1SCCC1Nc1ccc2c(c1)CCC(=O)N2. The molecule has 0 saturated carbocycles. The molecule has 3 nitrogen and oxygen atoms in total. The highest BCUT2D eigenvalue weighted by Gasteiger charge is 2.24. The van der Waals surface area contributed by atoms with Gasteiger partial charge in [0.25, 0.3) is 0 Å². The first-order valence-electron chi connectivity index (χ1n) is 6.53. The molecular formula is C14H18N2OS. The third kappa shape index (κ3) is 2.34. The molecule has 2 atom stereocenters. The van der Waals surface area contributed by atoms with Gasteiger partial charge in [-0.05, 0) is 42.4 Å². The van der Waals surface area contributed by atoms with Gasteiger partial charge in [0, 0.05) is 29.1 Å². The molecular weight excluding hydrogens is 244 g/mol. The Hall–Kier alpha value is -1.16. The van der Waals surface area contributed by atoms with Crippen LogP contribution in [0.5, 0.6) is 0 Å². The molecule has 4 heteroatoms. The van der Waals surface area contributed by atoms with E-state index in [0.29, 0.717) is 17.7 Å². The first-order chi connectivity index (χ1) is 8.72. The molecule has 1 aromatic carbocycles. The van der Waals surface area contributed by atoms with Gasteiger partial charge in [-0.15, -0.1) is 0 Å². The van der Waals surface area contributed by atoms with E-state index in [-0.39, 0.29) is 5.91 Å². The van der Waals surface area contributed by atoms with Crippen molar-refractivity contribution in [3.63, 3.8) is 0 Å². The minimum absolute atomic E-state index is 0.129. The van der Waals surface area contributed by atoms with Gasteiger partial charge in [-0.25, -0.2) is 0 Å². The van der Waals surface area contributed by atoms with Crippen molar-refractivity contribution in [3.05, 3.63) is 23.8 Å². The highest BCUT2D eigenvalue weighted by molar-refractivity contribution is 8.00. The summed E-state index contributed by atoms with van der Waals surface area (Å²) in [6.07, 6.45) is 2.69. The van der Waals surface area contributed by atoms with Crippen molar-refractivity contribution in [2.24, 2.45) is 0 Å². The summed E-state index contributed by atoms with van der Waals surface area (Å²) in [6, 6.07) is 6.85. The van der Waals surface area contributed by atoms with Gasteiger partial charge in [-0.1, -0.05) is 6.92 Å². The second-order valence-corrected chi connectivity index (χ2v) is 6.52. The number of nitrogens with one attached hydrogen (secondary N) is 2. The zero-order valence-electron chi connectivity index (χ0n) is 10.5. The first kappa shape index (κ1) is 11.9. The smallest absolute Gasteiger partial charge is 0.224 e. The molecule has 2 aliphatic rings. The number of hydrogen-bond acceptors (Lipinski definition) is 3. The van der Waals surface area contributed by atoms with Gasteiger partial charge in [0.15, 0.2) is 0 Å². The average Bonchev–Trinajstić information content (AvgIpc) is 2.75. The summed E-state index contributed by atoms with van der Waals surface area (Å²) >= 11 is 2.03. The molecule has 0 radical (unpaired) electrons. The molecule has 2 heterocycles. The van der Waals surface area contributed by atoms with E-state index in [1.165, 1.54) is 23.4 Å². The summed E-state index contributed by atoms with van der Waals surface area (Å²) in [4.78, 5) is 11.3. The van der Waals surface area contributed by atoms with Crippen LogP contribution in [0.25, 0.3) is 0 Å². The van der Waals surface area contributed by atoms with E-state index >= 15 is 0 Å². The number of amides is 1. The Bertz CT molecular complexity index is 475. The fraction of sp³-hybridized carbons (Fsp3) is 0.500. The maximum Gasteiger partial charge on any atom is 0.224 e. The second kappa shape index (κ2) is 4.84. The van der Waals surface area contributed by atoms with Crippen LogP contribution >= 0.6 is 11.8 Å². The molecule has 1 amide bonds. The van der Waals surface area contributed by atoms with Gasteiger partial charge < -0.3 is 10.6 Å². The van der Waals surface area contributed by atoms with Gasteiger partial charge in [0.05, 0.1) is 0 Å². The molecule has 1 fully saturated rings. The largest absolute Gasteiger partial charge is 0.381 e. The van der Waals surface area contributed by atoms with Crippen LogP contribution in [0.2, 0.25) is 0 Å². The predicted molar refractivity (Wildman–Crippen MR) is 77.3 cm³/mol. The molecule has 18 heavy (non-hydrogen) atoms. The van der Waals surface area contributed by atoms with Crippen LogP contribution in [0.15, 0.2) is 18.2 Å². The third-order valence-corrected chi connectivity index (χ3v) is 5.05. The van der Waals surface area contributed by atoms with Crippen molar-refractivity contribution in [2.75, 3.05) is 16.4 Å². The van der Waals surface area contributed by atoms with Crippen molar-refractivity contribution >= 4 is 29.0 Å². The van der Waals surface area contributed by atoms with E-state index in [1.54, 1.807) is 0 Å². The number of benzene rings is 1. The number of fused-ring (bicyclic) bond motifs is 1. The minimum Gasteiger partial charge on any atom is -0.381 e. The van der Waals surface area contributed by atoms with Crippen molar-refractivity contribution in [3.8, 4) is 0 Å². The van der Waals surface area contributed by atoms with Crippen molar-refractivity contribution < 1.29 is 4.79 Å². The van der Waals surface area contributed by atoms with Gasteiger partial charge in [0.1, 0.15) is 0 Å². The quantitative estimate of drug-likeness (QED) is 0.861. The molecule has 0 aromatic heterocycles. The maximum atomic E-state index is 11.3. The third-order valence-electron chi connectivity index (χ3n) is 3.73. The van der Waals surface area contributed by atoms with Crippen LogP contribution in [-0.4, -0.2) is 23.0 Å². The molecule has 1 aromatic rings. The number of thioether (sulfide) groups is 1. The first-order valence-corrected chi connectivity index (χ1v) is 7.58. The molecule has 0 spiro atoms. The molecule has 2 unspecified atom stereocenters. The Morgan fingerprint density at radius 2 is 2.28 bits per heavy atom. The van der Waals surface area contributed by atoms with Crippen LogP contribution in [0, 0.1) is 0 Å². The number of hydrogen-bond donors (Lipinski definition) is 2. The van der Waals surface area contributed by atoms with E-state index < -0.39 is 0 Å². The van der Waals surface area contributed by atoms with Crippen molar-refractivity contribution in [1.82, 2.24) is 0 Å². The number of carbonyl (C=O) groups excluding carboxylic acids is 1. The number of rotatable bonds is 2. The highest BCUT2D eigenvalue weighted by Crippen LogP contribution is 2.31. The zero-order chi connectivity index (χ0) is 12.5. The van der Waals surface area contributed by atoms with Crippen molar-refractivity contribution in [1.29, 1.82) is 0 Å². The summed E-state index contributed by atoms with van der Waals surface area (Å²) in [5, 5.41) is 7.22. The standard InChI is InChI=1S/C14H18N2OS/c1-9-12(6-7-18-9)15-11-3-4-13-10(8-11)2-5-14(17)16-13/h3-4,8-9,12,15H,2,5-7H2,1H3,(H,16,17). The van der Waals surface area contributed by atoms with E-state index in [4.69, 9.17) is 0 Å². The lowest BCUT2D eigenvalue weighted by atomic mass is 10.0. The monoisotopic (exact) mass is 262 g/mol. The van der Waals surface area contributed by atoms with E-state index in [9.17, 15) is 4.79 Å². The molecule has 2 N–H and O–H groups in total. The zero-order valence-corrected chi connectivity index (χ0v) is 11.3. The van der Waals surface area contributed by atoms with Gasteiger partial charge in [0.2, 0.25) is 5.91 Å². The summed E-state index contributed by atoms with van der Waals surface area (Å²) in [5.74, 6) is 1.38. The molecule has 3 rings (SSSR count). The van der Waals surface area contributed by atoms with Crippen LogP contribution < -0.4 is 10.6 Å². The fourth-order valence-corrected chi connectivity index (χ4v) is 3.81. The Morgan fingerprint density at radius 3 is 3.06 bits per heavy atom. The normalized spacial score (nSPS) is 26.6. The molecule has 96 valence electrons. The number of carbonyl (C=O) groups is 1. The maximum absolute atomic E-state index is 11.3. The van der Waals surface area contributed by atoms with Gasteiger partial charge in [-0.2, -0.15) is 11.8 Å². The minimum atomic E-state index is 0.129. The fourth-order valence-electron chi connectivity index (χ4n) is 2.61. The molecule has 1 saturated heterocycles. The summed E-state index contributed by atoms with van der Waals surface area (Å²) in [7, 11) is 0. The Kier molecular flexibility index (Phi) is 3.20. The Labute approximate surface area is 112 Å². The lowest BCUT2D eigenvalue weighted by molar-refractivity contribution is -0.116. The highest BCUT2D eigenvalue weighted by atomic mass is 32.2. The summed E-state index contributed by atoms with van der Waals surface area (Å²) < 4.78 is 0. The Balaban J connectivity index is 1.76. The number of aryl methyl sites for hydroxylation is 1. The molecule has 2 aliphatic heterocycles. The van der Waals surface area contributed by atoms with Gasteiger partial charge >= 0.3 is 0 Å². The Morgan fingerprint density at radius 1 is 1.39 bits per heavy atom. The van der Waals surface area contributed by atoms with Crippen LogP contribution in [0.4, 0.5) is 11.4 Å². The van der Waals surface area contributed by atoms with Crippen LogP contribution in [-0.2, 0) is 11.2 Å². The predicted octanol–water partition coefficient (Wildman–Crippen LogP) is 2.88. The lowest BCUT2D eigenvalue weighted by Crippen LogP contribution is -2.25. The van der Waals surface area contributed by atoms with E-state index in [2.05, 4.69) is 29.7 Å². The molecule has 0 aliphatic carbocycles. The van der Waals surface area contributed by atoms with E-state index in [1.807, 2.05) is 17.8 Å². The topological polar surface area (TPSA) is 41.1 Å². The average molecular weight is 262 g/mol. The van der Waals surface area contributed by atoms with Crippen LogP contribution in [0.3, 0.4) is 0 Å². The van der Waals surface area contributed by atoms with Crippen molar-refractivity contribution in [2.45, 2.75) is 37.5 Å². The van der Waals surface area contributed by atoms with Gasteiger partial charge in [-0.3, -0.25) is 4.79 Å².